The first-order valence-electron chi connectivity index (χ1n) is 7.81. The van der Waals surface area contributed by atoms with Crippen LogP contribution in [0, 0.1) is 0 Å². The lowest BCUT2D eigenvalue weighted by Crippen LogP contribution is -2.52. The van der Waals surface area contributed by atoms with Gasteiger partial charge in [0.25, 0.3) is 0 Å². The Bertz CT molecular complexity index is 392. The van der Waals surface area contributed by atoms with Crippen LogP contribution in [0.25, 0.3) is 0 Å². The molecule has 1 rings (SSSR count). The molecule has 1 aliphatic rings. The molecule has 2 amide bonds. The maximum Gasteiger partial charge on any atom is 0.405 e. The molecule has 0 aromatic heterocycles. The van der Waals surface area contributed by atoms with E-state index < -0.39 is 18.6 Å². The van der Waals surface area contributed by atoms with Crippen molar-refractivity contribution in [2.24, 2.45) is 0 Å². The van der Waals surface area contributed by atoms with Gasteiger partial charge in [-0.1, -0.05) is 0 Å². The third kappa shape index (κ3) is 7.65. The molecule has 1 heterocycles. The van der Waals surface area contributed by atoms with E-state index >= 15 is 0 Å². The fourth-order valence-corrected chi connectivity index (χ4v) is 2.43. The Balaban J connectivity index is 2.27. The average molecular weight is 338 g/mol. The summed E-state index contributed by atoms with van der Waals surface area (Å²) in [7, 11) is 0. The van der Waals surface area contributed by atoms with Crippen molar-refractivity contribution >= 4 is 11.8 Å². The zero-order valence-corrected chi connectivity index (χ0v) is 13.7. The second-order valence-corrected chi connectivity index (χ2v) is 5.51. The first-order chi connectivity index (χ1) is 10.7. The van der Waals surface area contributed by atoms with E-state index in [9.17, 15) is 22.8 Å². The van der Waals surface area contributed by atoms with E-state index in [-0.39, 0.29) is 12.5 Å². The summed E-state index contributed by atoms with van der Waals surface area (Å²) >= 11 is 0. The molecule has 0 spiro atoms. The molecule has 0 saturated carbocycles. The highest BCUT2D eigenvalue weighted by atomic mass is 19.4. The van der Waals surface area contributed by atoms with E-state index in [2.05, 4.69) is 0 Å². The third-order valence-electron chi connectivity index (χ3n) is 3.79. The maximum absolute atomic E-state index is 12.0. The smallest absolute Gasteiger partial charge is 0.346 e. The number of carbonyl (C=O) groups is 2. The topological polar surface area (TPSA) is 55.9 Å². The fourth-order valence-electron chi connectivity index (χ4n) is 2.43. The minimum absolute atomic E-state index is 0.0477. The molecule has 0 aromatic carbocycles. The van der Waals surface area contributed by atoms with Crippen molar-refractivity contribution in [1.29, 1.82) is 0 Å². The van der Waals surface area contributed by atoms with E-state index in [1.807, 2.05) is 24.1 Å². The van der Waals surface area contributed by atoms with E-state index in [1.165, 1.54) is 0 Å². The molecule has 0 radical (unpaired) electrons. The molecule has 0 unspecified atom stereocenters. The van der Waals surface area contributed by atoms with Crippen LogP contribution in [0.2, 0.25) is 0 Å². The van der Waals surface area contributed by atoms with E-state index in [1.54, 1.807) is 9.80 Å². The second kappa shape index (κ2) is 9.07. The van der Waals surface area contributed by atoms with E-state index in [0.29, 0.717) is 45.8 Å². The molecule has 0 aliphatic carbocycles. The van der Waals surface area contributed by atoms with Crippen molar-refractivity contribution in [1.82, 2.24) is 20.0 Å². The van der Waals surface area contributed by atoms with Crippen LogP contribution in [0.15, 0.2) is 0 Å². The monoisotopic (exact) mass is 338 g/mol. The zero-order chi connectivity index (χ0) is 17.5. The van der Waals surface area contributed by atoms with Gasteiger partial charge in [0, 0.05) is 39.3 Å². The van der Waals surface area contributed by atoms with Gasteiger partial charge >= 0.3 is 6.18 Å². The number of hydrogen-bond donors (Lipinski definition) is 1. The number of piperazine rings is 1. The van der Waals surface area contributed by atoms with Crippen LogP contribution >= 0.6 is 0 Å². The summed E-state index contributed by atoms with van der Waals surface area (Å²) in [5, 5.41) is 1.86. The van der Waals surface area contributed by atoms with Gasteiger partial charge in [0.05, 0.1) is 13.1 Å². The molecule has 0 aromatic rings. The summed E-state index contributed by atoms with van der Waals surface area (Å²) in [6.45, 7) is 6.57. The fraction of sp³-hybridized carbons (Fsp3) is 0.857. The average Bonchev–Trinajstić information content (AvgIpc) is 2.48. The first kappa shape index (κ1) is 19.7. The molecule has 1 fully saturated rings. The summed E-state index contributed by atoms with van der Waals surface area (Å²) in [5.41, 5.74) is 0. The van der Waals surface area contributed by atoms with Crippen molar-refractivity contribution in [2.45, 2.75) is 20.0 Å². The van der Waals surface area contributed by atoms with Crippen molar-refractivity contribution in [3.8, 4) is 0 Å². The van der Waals surface area contributed by atoms with Gasteiger partial charge in [-0.3, -0.25) is 19.4 Å². The van der Waals surface area contributed by atoms with Gasteiger partial charge in [0.15, 0.2) is 0 Å². The maximum atomic E-state index is 12.0. The van der Waals surface area contributed by atoms with Gasteiger partial charge in [-0.15, -0.1) is 0 Å². The van der Waals surface area contributed by atoms with Gasteiger partial charge < -0.3 is 10.2 Å². The Kier molecular flexibility index (Phi) is 7.77. The van der Waals surface area contributed by atoms with Crippen molar-refractivity contribution < 1.29 is 22.8 Å². The minimum atomic E-state index is -4.39. The summed E-state index contributed by atoms with van der Waals surface area (Å²) in [6.07, 6.45) is -4.39. The number of amides is 2. The van der Waals surface area contributed by atoms with Crippen LogP contribution in [0.3, 0.4) is 0 Å². The van der Waals surface area contributed by atoms with Gasteiger partial charge in [-0.2, -0.15) is 13.2 Å². The summed E-state index contributed by atoms with van der Waals surface area (Å²) in [4.78, 5) is 29.0. The van der Waals surface area contributed by atoms with Crippen LogP contribution < -0.4 is 5.32 Å². The number of likely N-dealkylation sites (N-methyl/N-ethyl adjacent to an activating group) is 1. The molecule has 23 heavy (non-hydrogen) atoms. The minimum Gasteiger partial charge on any atom is -0.346 e. The highest BCUT2D eigenvalue weighted by Crippen LogP contribution is 2.12. The molecular formula is C14H25F3N4O2. The molecule has 1 N–H and O–H groups in total. The number of alkyl halides is 3. The number of halogens is 3. The van der Waals surface area contributed by atoms with Gasteiger partial charge in [0.1, 0.15) is 6.54 Å². The number of nitrogens with one attached hydrogen (secondary N) is 1. The normalized spacial score (nSPS) is 17.1. The third-order valence-corrected chi connectivity index (χ3v) is 3.79. The SMILES string of the molecule is CCN(CC)C(=O)CN1CCN(CC(=O)NCC(F)(F)F)CC1. The lowest BCUT2D eigenvalue weighted by atomic mass is 10.3. The summed E-state index contributed by atoms with van der Waals surface area (Å²) < 4.78 is 36.1. The number of carbonyl (C=O) groups excluding carboxylic acids is 2. The lowest BCUT2D eigenvalue weighted by Gasteiger charge is -2.34. The molecule has 1 saturated heterocycles. The molecule has 0 bridgehead atoms. The molecule has 1 aliphatic heterocycles. The Morgan fingerprint density at radius 3 is 1.91 bits per heavy atom. The van der Waals surface area contributed by atoms with Crippen molar-refractivity contribution in [3.63, 3.8) is 0 Å². The Morgan fingerprint density at radius 2 is 1.48 bits per heavy atom. The number of hydrogen-bond acceptors (Lipinski definition) is 4. The Hall–Kier alpha value is -1.35. The quantitative estimate of drug-likeness (QED) is 0.718. The second-order valence-electron chi connectivity index (χ2n) is 5.51. The standard InChI is InChI=1S/C14H25F3N4O2/c1-3-21(4-2)13(23)10-20-7-5-19(6-8-20)9-12(22)18-11-14(15,16)17/h3-11H2,1-2H3,(H,18,22). The van der Waals surface area contributed by atoms with Crippen LogP contribution in [-0.4, -0.2) is 91.6 Å². The molecular weight excluding hydrogens is 313 g/mol. The van der Waals surface area contributed by atoms with Crippen LogP contribution in [0.4, 0.5) is 13.2 Å². The van der Waals surface area contributed by atoms with Gasteiger partial charge in [-0.05, 0) is 13.8 Å². The zero-order valence-electron chi connectivity index (χ0n) is 13.7. The number of nitrogens with zero attached hydrogens (tertiary/aromatic N) is 3. The highest BCUT2D eigenvalue weighted by molar-refractivity contribution is 5.78. The van der Waals surface area contributed by atoms with Crippen molar-refractivity contribution in [3.05, 3.63) is 0 Å². The predicted molar refractivity (Wildman–Crippen MR) is 79.9 cm³/mol. The molecule has 6 nitrogen and oxygen atoms in total. The van der Waals surface area contributed by atoms with Crippen molar-refractivity contribution in [2.75, 3.05) is 58.9 Å². The van der Waals surface area contributed by atoms with Crippen LogP contribution in [-0.2, 0) is 9.59 Å². The molecule has 9 heteroatoms. The summed E-state index contributed by atoms with van der Waals surface area (Å²) in [6, 6.07) is 0. The molecule has 0 atom stereocenters. The Morgan fingerprint density at radius 1 is 1.00 bits per heavy atom. The lowest BCUT2D eigenvalue weighted by molar-refractivity contribution is -0.139. The van der Waals surface area contributed by atoms with E-state index in [4.69, 9.17) is 0 Å². The van der Waals surface area contributed by atoms with Crippen LogP contribution in [0.5, 0.6) is 0 Å². The Labute approximate surface area is 134 Å². The molecule has 134 valence electrons. The largest absolute Gasteiger partial charge is 0.405 e. The van der Waals surface area contributed by atoms with E-state index in [0.717, 1.165) is 0 Å². The first-order valence-corrected chi connectivity index (χ1v) is 7.81. The van der Waals surface area contributed by atoms with Gasteiger partial charge in [0.2, 0.25) is 11.8 Å². The van der Waals surface area contributed by atoms with Gasteiger partial charge in [-0.25, -0.2) is 0 Å². The summed E-state index contributed by atoms with van der Waals surface area (Å²) in [5.74, 6) is -0.554. The predicted octanol–water partition coefficient (Wildman–Crippen LogP) is 0.151. The highest BCUT2D eigenvalue weighted by Gasteiger charge is 2.28. The number of rotatable bonds is 7. The van der Waals surface area contributed by atoms with Crippen LogP contribution in [0.1, 0.15) is 13.8 Å².